The van der Waals surface area contributed by atoms with Gasteiger partial charge in [-0.1, -0.05) is 24.3 Å². The van der Waals surface area contributed by atoms with Gasteiger partial charge in [0.25, 0.3) is 0 Å². The first-order valence-corrected chi connectivity index (χ1v) is 8.36. The first kappa shape index (κ1) is 16.5. The van der Waals surface area contributed by atoms with Gasteiger partial charge in [-0.05, 0) is 36.1 Å². The van der Waals surface area contributed by atoms with Crippen molar-refractivity contribution < 1.29 is 13.6 Å². The molecule has 2 aromatic rings. The van der Waals surface area contributed by atoms with E-state index in [1.54, 1.807) is 24.3 Å². The molecule has 4 N–H and O–H groups in total. The maximum absolute atomic E-state index is 14.7. The van der Waals surface area contributed by atoms with Crippen LogP contribution in [0.1, 0.15) is 24.0 Å². The molecule has 0 radical (unpaired) electrons. The van der Waals surface area contributed by atoms with E-state index in [2.05, 4.69) is 4.99 Å². The van der Waals surface area contributed by atoms with Crippen LogP contribution < -0.4 is 11.5 Å². The quantitative estimate of drug-likeness (QED) is 0.609. The molecule has 2 amide bonds. The lowest BCUT2D eigenvalue weighted by Crippen LogP contribution is -2.42. The average molecular weight is 356 g/mol. The highest BCUT2D eigenvalue weighted by Crippen LogP contribution is 2.54. The fraction of sp³-hybridized carbons (Fsp3) is 0.263. The van der Waals surface area contributed by atoms with Gasteiger partial charge in [-0.25, -0.2) is 13.6 Å². The number of nitrogens with zero attached hydrogens (tertiary/aromatic N) is 2. The minimum absolute atomic E-state index is 0.133. The van der Waals surface area contributed by atoms with Gasteiger partial charge >= 0.3 is 6.03 Å². The lowest BCUT2D eigenvalue weighted by atomic mass is 9.82. The van der Waals surface area contributed by atoms with Crippen LogP contribution >= 0.6 is 0 Å². The third-order valence-corrected chi connectivity index (χ3v) is 5.15. The summed E-state index contributed by atoms with van der Waals surface area (Å²) in [4.78, 5) is 17.4. The van der Waals surface area contributed by atoms with E-state index < -0.39 is 11.4 Å². The van der Waals surface area contributed by atoms with Crippen LogP contribution in [0.25, 0.3) is 11.1 Å². The highest BCUT2D eigenvalue weighted by atomic mass is 19.1. The van der Waals surface area contributed by atoms with Gasteiger partial charge in [-0.3, -0.25) is 0 Å². The molecule has 0 bridgehead atoms. The maximum Gasteiger partial charge on any atom is 0.347 e. The molecule has 1 fully saturated rings. The van der Waals surface area contributed by atoms with Crippen LogP contribution in [-0.4, -0.2) is 23.4 Å². The molecule has 4 rings (SSSR count). The van der Waals surface area contributed by atoms with Crippen LogP contribution in [-0.2, 0) is 12.0 Å². The summed E-state index contributed by atoms with van der Waals surface area (Å²) >= 11 is 0. The second kappa shape index (κ2) is 5.79. The van der Waals surface area contributed by atoms with E-state index in [9.17, 15) is 13.6 Å². The number of aliphatic imine (C=N–C) groups is 1. The molecule has 0 aromatic heterocycles. The summed E-state index contributed by atoms with van der Waals surface area (Å²) in [5, 5.41) is 0. The summed E-state index contributed by atoms with van der Waals surface area (Å²) in [6.45, 7) is 0.487. The normalized spacial score (nSPS) is 16.9. The summed E-state index contributed by atoms with van der Waals surface area (Å²) in [5.41, 5.74) is 12.4. The van der Waals surface area contributed by atoms with Crippen molar-refractivity contribution in [2.75, 3.05) is 6.54 Å². The SMILES string of the molecule is NC(N)=NC(=O)N1Cc2c(-c3ccccc3F)ccc(F)c2C2(CC2)C1. The number of fused-ring (bicyclic) bond motifs is 2. The molecular weight excluding hydrogens is 338 g/mol. The lowest BCUT2D eigenvalue weighted by molar-refractivity contribution is 0.192. The van der Waals surface area contributed by atoms with E-state index in [-0.39, 0.29) is 24.1 Å². The molecule has 1 aliphatic heterocycles. The van der Waals surface area contributed by atoms with Gasteiger partial charge < -0.3 is 16.4 Å². The molecule has 0 saturated heterocycles. The summed E-state index contributed by atoms with van der Waals surface area (Å²) < 4.78 is 29.0. The number of amides is 2. The number of carbonyl (C=O) groups excluding carboxylic acids is 1. The van der Waals surface area contributed by atoms with Crippen LogP contribution in [0.5, 0.6) is 0 Å². The van der Waals surface area contributed by atoms with Gasteiger partial charge in [0.1, 0.15) is 11.6 Å². The Labute approximate surface area is 149 Å². The van der Waals surface area contributed by atoms with Crippen LogP contribution in [0.4, 0.5) is 13.6 Å². The van der Waals surface area contributed by atoms with Crippen molar-refractivity contribution in [3.8, 4) is 11.1 Å². The third kappa shape index (κ3) is 2.60. The monoisotopic (exact) mass is 356 g/mol. The van der Waals surface area contributed by atoms with E-state index in [0.29, 0.717) is 28.8 Å². The standard InChI is InChI=1S/C19H18F2N4O/c20-14-4-2-1-3-12(14)11-5-6-15(21)16-13(11)9-25(10-19(16)7-8-19)18(26)24-17(22)23/h1-6H,7-10H2,(H4,22,23,24,26). The summed E-state index contributed by atoms with van der Waals surface area (Å²) in [6, 6.07) is 8.73. The molecule has 1 heterocycles. The highest BCUT2D eigenvalue weighted by molar-refractivity contribution is 5.91. The van der Waals surface area contributed by atoms with Crippen LogP contribution in [0.3, 0.4) is 0 Å². The molecule has 0 atom stereocenters. The van der Waals surface area contributed by atoms with Crippen LogP contribution in [0, 0.1) is 11.6 Å². The van der Waals surface area contributed by atoms with Crippen molar-refractivity contribution in [2.24, 2.45) is 16.5 Å². The molecule has 1 aliphatic carbocycles. The van der Waals surface area contributed by atoms with E-state index >= 15 is 0 Å². The number of halogens is 2. The Morgan fingerprint density at radius 3 is 2.42 bits per heavy atom. The number of rotatable bonds is 1. The molecule has 134 valence electrons. The molecule has 2 aromatic carbocycles. The van der Waals surface area contributed by atoms with Gasteiger partial charge in [0.05, 0.1) is 0 Å². The number of urea groups is 1. The van der Waals surface area contributed by atoms with Gasteiger partial charge in [-0.15, -0.1) is 0 Å². The van der Waals surface area contributed by atoms with Crippen molar-refractivity contribution >= 4 is 12.0 Å². The van der Waals surface area contributed by atoms with Crippen molar-refractivity contribution in [1.82, 2.24) is 4.90 Å². The Hall–Kier alpha value is -2.96. The fourth-order valence-electron chi connectivity index (χ4n) is 3.86. The summed E-state index contributed by atoms with van der Waals surface area (Å²) in [5.74, 6) is -1.02. The number of benzene rings is 2. The van der Waals surface area contributed by atoms with E-state index in [4.69, 9.17) is 11.5 Å². The second-order valence-electron chi connectivity index (χ2n) is 6.88. The molecule has 0 unspecified atom stereocenters. The lowest BCUT2D eigenvalue weighted by Gasteiger charge is -2.35. The van der Waals surface area contributed by atoms with Crippen LogP contribution in [0.15, 0.2) is 41.4 Å². The Morgan fingerprint density at radius 2 is 1.77 bits per heavy atom. The van der Waals surface area contributed by atoms with Crippen molar-refractivity contribution in [1.29, 1.82) is 0 Å². The maximum atomic E-state index is 14.7. The van der Waals surface area contributed by atoms with Gasteiger partial charge in [0, 0.05) is 29.6 Å². The molecule has 2 aliphatic rings. The predicted octanol–water partition coefficient (Wildman–Crippen LogP) is 2.87. The van der Waals surface area contributed by atoms with Crippen molar-refractivity contribution in [3.05, 3.63) is 59.2 Å². The van der Waals surface area contributed by atoms with Crippen molar-refractivity contribution in [3.63, 3.8) is 0 Å². The highest BCUT2D eigenvalue weighted by Gasteiger charge is 2.52. The van der Waals surface area contributed by atoms with Crippen molar-refractivity contribution in [2.45, 2.75) is 24.8 Å². The summed E-state index contributed by atoms with van der Waals surface area (Å²) in [6.07, 6.45) is 1.53. The largest absolute Gasteiger partial charge is 0.370 e. The molecule has 7 heteroatoms. The predicted molar refractivity (Wildman–Crippen MR) is 94.3 cm³/mol. The molecule has 1 saturated carbocycles. The molecule has 26 heavy (non-hydrogen) atoms. The minimum Gasteiger partial charge on any atom is -0.370 e. The van der Waals surface area contributed by atoms with Crippen LogP contribution in [0.2, 0.25) is 0 Å². The van der Waals surface area contributed by atoms with Gasteiger partial charge in [-0.2, -0.15) is 4.99 Å². The zero-order chi connectivity index (χ0) is 18.5. The Kier molecular flexibility index (Phi) is 3.68. The first-order valence-electron chi connectivity index (χ1n) is 8.36. The third-order valence-electron chi connectivity index (χ3n) is 5.15. The second-order valence-corrected chi connectivity index (χ2v) is 6.88. The smallest absolute Gasteiger partial charge is 0.347 e. The van der Waals surface area contributed by atoms with Gasteiger partial charge in [0.15, 0.2) is 5.96 Å². The topological polar surface area (TPSA) is 84.7 Å². The number of hydrogen-bond acceptors (Lipinski definition) is 1. The molecular formula is C19H18F2N4O. The zero-order valence-corrected chi connectivity index (χ0v) is 14.0. The number of nitrogens with two attached hydrogens (primary N) is 2. The fourth-order valence-corrected chi connectivity index (χ4v) is 3.86. The zero-order valence-electron chi connectivity index (χ0n) is 14.0. The number of carbonyl (C=O) groups is 1. The van der Waals surface area contributed by atoms with Gasteiger partial charge in [0.2, 0.25) is 0 Å². The Balaban J connectivity index is 1.87. The average Bonchev–Trinajstić information content (AvgIpc) is 3.34. The molecule has 1 spiro atoms. The van der Waals surface area contributed by atoms with E-state index in [1.807, 2.05) is 0 Å². The summed E-state index contributed by atoms with van der Waals surface area (Å²) in [7, 11) is 0. The molecule has 5 nitrogen and oxygen atoms in total. The Bertz CT molecular complexity index is 933. The number of hydrogen-bond donors (Lipinski definition) is 2. The Morgan fingerprint density at radius 1 is 1.04 bits per heavy atom. The number of guanidine groups is 1. The first-order chi connectivity index (χ1) is 12.4. The van der Waals surface area contributed by atoms with E-state index in [0.717, 1.165) is 12.8 Å². The van der Waals surface area contributed by atoms with E-state index in [1.165, 1.54) is 17.0 Å². The minimum atomic E-state index is -0.564.